The Balaban J connectivity index is 0.00000180. The van der Waals surface area contributed by atoms with Gasteiger partial charge in [0.2, 0.25) is 5.91 Å². The molecule has 19 heavy (non-hydrogen) atoms. The van der Waals surface area contributed by atoms with Crippen LogP contribution in [-0.2, 0) is 9.53 Å². The van der Waals surface area contributed by atoms with E-state index in [0.29, 0.717) is 12.3 Å². The fraction of sp³-hybridized carbons (Fsp3) is 0.929. The lowest BCUT2D eigenvalue weighted by Crippen LogP contribution is -2.39. The molecular weight excluding hydrogens is 264 g/mol. The van der Waals surface area contributed by atoms with Crippen LogP contribution in [0.15, 0.2) is 0 Å². The predicted octanol–water partition coefficient (Wildman–Crippen LogP) is 1.95. The molecule has 2 fully saturated rings. The highest BCUT2D eigenvalue weighted by Gasteiger charge is 2.28. The summed E-state index contributed by atoms with van der Waals surface area (Å²) < 4.78 is 5.67. The maximum atomic E-state index is 12.1. The molecule has 1 amide bonds. The van der Waals surface area contributed by atoms with Crippen molar-refractivity contribution in [1.82, 2.24) is 4.90 Å². The molecule has 112 valence electrons. The zero-order chi connectivity index (χ0) is 13.0. The summed E-state index contributed by atoms with van der Waals surface area (Å²) in [5, 5.41) is 0. The van der Waals surface area contributed by atoms with Crippen LogP contribution in [0.3, 0.4) is 0 Å². The van der Waals surface area contributed by atoms with E-state index in [1.54, 1.807) is 0 Å². The van der Waals surface area contributed by atoms with E-state index in [4.69, 9.17) is 10.5 Å². The topological polar surface area (TPSA) is 55.6 Å². The molecule has 2 rings (SSSR count). The fourth-order valence-electron chi connectivity index (χ4n) is 3.06. The molecule has 1 saturated carbocycles. The van der Waals surface area contributed by atoms with E-state index in [0.717, 1.165) is 38.8 Å². The minimum Gasteiger partial charge on any atom is -0.376 e. The molecule has 3 atom stereocenters. The Hall–Kier alpha value is -0.320. The average molecular weight is 291 g/mol. The summed E-state index contributed by atoms with van der Waals surface area (Å²) in [4.78, 5) is 14.0. The summed E-state index contributed by atoms with van der Waals surface area (Å²) in [5.74, 6) is 0.624. The lowest BCUT2D eigenvalue weighted by atomic mass is 9.99. The third-order valence-corrected chi connectivity index (χ3v) is 4.33. The Bertz CT molecular complexity index is 283. The van der Waals surface area contributed by atoms with E-state index in [1.807, 2.05) is 11.9 Å². The monoisotopic (exact) mass is 290 g/mol. The van der Waals surface area contributed by atoms with Crippen molar-refractivity contribution in [1.29, 1.82) is 0 Å². The number of carbonyl (C=O) groups excluding carboxylic acids is 1. The number of nitrogens with zero attached hydrogens (tertiary/aromatic N) is 1. The van der Waals surface area contributed by atoms with Gasteiger partial charge in [-0.25, -0.2) is 0 Å². The van der Waals surface area contributed by atoms with Crippen LogP contribution >= 0.6 is 12.4 Å². The number of carbonyl (C=O) groups is 1. The maximum absolute atomic E-state index is 12.1. The second kappa shape index (κ2) is 8.08. The second-order valence-electron chi connectivity index (χ2n) is 5.82. The van der Waals surface area contributed by atoms with Crippen molar-refractivity contribution in [2.45, 2.75) is 57.1 Å². The quantitative estimate of drug-likeness (QED) is 0.861. The molecule has 2 aliphatic rings. The molecule has 0 radical (unpaired) electrons. The number of likely N-dealkylation sites (N-methyl/N-ethyl adjacent to an activating group) is 1. The van der Waals surface area contributed by atoms with Gasteiger partial charge in [0.25, 0.3) is 0 Å². The maximum Gasteiger partial charge on any atom is 0.222 e. The first-order valence-electron chi connectivity index (χ1n) is 7.28. The molecule has 0 spiro atoms. The first kappa shape index (κ1) is 16.7. The molecule has 1 heterocycles. The highest BCUT2D eigenvalue weighted by molar-refractivity contribution is 5.85. The molecule has 1 saturated heterocycles. The van der Waals surface area contributed by atoms with Gasteiger partial charge in [0, 0.05) is 32.7 Å². The van der Waals surface area contributed by atoms with E-state index in [-0.39, 0.29) is 30.5 Å². The first-order valence-corrected chi connectivity index (χ1v) is 7.28. The molecule has 2 N–H and O–H groups in total. The Morgan fingerprint density at radius 3 is 2.63 bits per heavy atom. The molecule has 1 aliphatic heterocycles. The van der Waals surface area contributed by atoms with Crippen molar-refractivity contribution >= 4 is 18.3 Å². The number of hydrogen-bond donors (Lipinski definition) is 1. The summed E-state index contributed by atoms with van der Waals surface area (Å²) >= 11 is 0. The van der Waals surface area contributed by atoms with Crippen molar-refractivity contribution < 1.29 is 9.53 Å². The summed E-state index contributed by atoms with van der Waals surface area (Å²) in [6.45, 7) is 1.58. The zero-order valence-electron chi connectivity index (χ0n) is 11.8. The molecule has 5 heteroatoms. The van der Waals surface area contributed by atoms with Crippen molar-refractivity contribution in [2.75, 3.05) is 20.2 Å². The van der Waals surface area contributed by atoms with Gasteiger partial charge in [0.1, 0.15) is 0 Å². The molecule has 0 bridgehead atoms. The molecule has 0 aromatic carbocycles. The Morgan fingerprint density at radius 2 is 2.05 bits per heavy atom. The molecule has 1 unspecified atom stereocenters. The third kappa shape index (κ3) is 4.93. The molecule has 0 aromatic heterocycles. The number of nitrogens with two attached hydrogens (primary N) is 1. The van der Waals surface area contributed by atoms with Gasteiger partial charge in [-0.1, -0.05) is 6.42 Å². The van der Waals surface area contributed by atoms with Gasteiger partial charge >= 0.3 is 0 Å². The van der Waals surface area contributed by atoms with Crippen LogP contribution in [0.2, 0.25) is 0 Å². The molecule has 1 aliphatic carbocycles. The van der Waals surface area contributed by atoms with Crippen LogP contribution < -0.4 is 5.73 Å². The van der Waals surface area contributed by atoms with Gasteiger partial charge in [-0.2, -0.15) is 0 Å². The highest BCUT2D eigenvalue weighted by atomic mass is 35.5. The Labute approximate surface area is 122 Å². The second-order valence-corrected chi connectivity index (χ2v) is 5.82. The molecular formula is C14H27ClN2O2. The number of amides is 1. The highest BCUT2D eigenvalue weighted by Crippen LogP contribution is 2.27. The van der Waals surface area contributed by atoms with Crippen molar-refractivity contribution in [3.8, 4) is 0 Å². The summed E-state index contributed by atoms with van der Waals surface area (Å²) in [5.41, 5.74) is 6.02. The van der Waals surface area contributed by atoms with Crippen LogP contribution in [0.25, 0.3) is 0 Å². The van der Waals surface area contributed by atoms with Crippen molar-refractivity contribution in [3.63, 3.8) is 0 Å². The minimum absolute atomic E-state index is 0. The number of ether oxygens (including phenoxy) is 1. The van der Waals surface area contributed by atoms with E-state index in [1.165, 1.54) is 12.8 Å². The zero-order valence-corrected chi connectivity index (χ0v) is 12.7. The summed E-state index contributed by atoms with van der Waals surface area (Å²) in [6, 6.07) is 0.230. The standard InChI is InChI=1S/C14H26N2O2.ClH/c1-16(10-12-6-2-3-8-18-12)14(17)9-11-5-4-7-13(11)15;/h11-13H,2-10,15H2,1H3;1H/t11-,12?,13+;/m0./s1. The SMILES string of the molecule is CN(CC1CCCCO1)C(=O)C[C@@H]1CCC[C@H]1N.Cl. The molecule has 0 aromatic rings. The molecule has 4 nitrogen and oxygen atoms in total. The van der Waals surface area contributed by atoms with E-state index in [2.05, 4.69) is 0 Å². The normalized spacial score (nSPS) is 30.7. The Morgan fingerprint density at radius 1 is 1.26 bits per heavy atom. The van der Waals surface area contributed by atoms with Crippen LogP contribution in [0, 0.1) is 5.92 Å². The van der Waals surface area contributed by atoms with Crippen molar-refractivity contribution in [2.24, 2.45) is 11.7 Å². The Kier molecular flexibility index (Phi) is 7.11. The van der Waals surface area contributed by atoms with Crippen LogP contribution in [-0.4, -0.2) is 43.2 Å². The van der Waals surface area contributed by atoms with E-state index >= 15 is 0 Å². The van der Waals surface area contributed by atoms with Gasteiger partial charge in [0.05, 0.1) is 6.10 Å². The van der Waals surface area contributed by atoms with Gasteiger partial charge in [-0.3, -0.25) is 4.79 Å². The summed E-state index contributed by atoms with van der Waals surface area (Å²) in [6.07, 6.45) is 7.68. The van der Waals surface area contributed by atoms with E-state index in [9.17, 15) is 4.79 Å². The third-order valence-electron chi connectivity index (χ3n) is 4.33. The van der Waals surface area contributed by atoms with Crippen LogP contribution in [0.5, 0.6) is 0 Å². The largest absolute Gasteiger partial charge is 0.376 e. The minimum atomic E-state index is 0. The fourth-order valence-corrected chi connectivity index (χ4v) is 3.06. The van der Waals surface area contributed by atoms with Gasteiger partial charge in [0.15, 0.2) is 0 Å². The number of halogens is 1. The number of rotatable bonds is 4. The lowest BCUT2D eigenvalue weighted by molar-refractivity contribution is -0.133. The van der Waals surface area contributed by atoms with Crippen LogP contribution in [0.1, 0.15) is 44.9 Å². The first-order chi connectivity index (χ1) is 8.66. The van der Waals surface area contributed by atoms with Crippen LogP contribution in [0.4, 0.5) is 0 Å². The lowest BCUT2D eigenvalue weighted by Gasteiger charge is -2.28. The predicted molar refractivity (Wildman–Crippen MR) is 78.4 cm³/mol. The van der Waals surface area contributed by atoms with E-state index < -0.39 is 0 Å². The van der Waals surface area contributed by atoms with Gasteiger partial charge in [-0.05, 0) is 38.0 Å². The van der Waals surface area contributed by atoms with Crippen molar-refractivity contribution in [3.05, 3.63) is 0 Å². The van der Waals surface area contributed by atoms with Gasteiger partial charge < -0.3 is 15.4 Å². The van der Waals surface area contributed by atoms with Gasteiger partial charge in [-0.15, -0.1) is 12.4 Å². The summed E-state index contributed by atoms with van der Waals surface area (Å²) in [7, 11) is 1.89. The average Bonchev–Trinajstić information content (AvgIpc) is 2.76. The smallest absolute Gasteiger partial charge is 0.222 e. The number of hydrogen-bond acceptors (Lipinski definition) is 3.